The van der Waals surface area contributed by atoms with E-state index in [1.54, 1.807) is 0 Å². The molecule has 1 N–H and O–H groups in total. The second kappa shape index (κ2) is 7.61. The maximum atomic E-state index is 12.0. The lowest BCUT2D eigenvalue weighted by molar-refractivity contribution is -0.175. The average molecular weight is 296 g/mol. The van der Waals surface area contributed by atoms with Crippen molar-refractivity contribution in [2.24, 2.45) is 11.8 Å². The normalized spacial score (nSPS) is 25.6. The van der Waals surface area contributed by atoms with Gasteiger partial charge in [0, 0.05) is 31.7 Å². The Bertz CT molecular complexity index is 282. The molecule has 6 heteroatoms. The number of hydrogen-bond acceptors (Lipinski definition) is 3. The number of piperazine rings is 1. The summed E-state index contributed by atoms with van der Waals surface area (Å²) in [5.41, 5.74) is 0. The molecule has 0 aromatic heterocycles. The fourth-order valence-corrected chi connectivity index (χ4v) is 2.58. The molecule has 1 heterocycles. The van der Waals surface area contributed by atoms with E-state index in [4.69, 9.17) is 4.74 Å². The Morgan fingerprint density at radius 3 is 2.35 bits per heavy atom. The van der Waals surface area contributed by atoms with Crippen molar-refractivity contribution in [3.63, 3.8) is 0 Å². The van der Waals surface area contributed by atoms with Crippen molar-refractivity contribution in [1.82, 2.24) is 10.2 Å². The lowest BCUT2D eigenvalue weighted by Crippen LogP contribution is -2.60. The van der Waals surface area contributed by atoms with Gasteiger partial charge in [0.05, 0.1) is 6.61 Å². The van der Waals surface area contributed by atoms with E-state index in [2.05, 4.69) is 37.9 Å². The van der Waals surface area contributed by atoms with Crippen LogP contribution in [0.3, 0.4) is 0 Å². The molecular weight excluding hydrogens is 269 g/mol. The van der Waals surface area contributed by atoms with Gasteiger partial charge >= 0.3 is 6.18 Å². The first-order valence-electron chi connectivity index (χ1n) is 7.32. The van der Waals surface area contributed by atoms with Crippen molar-refractivity contribution in [1.29, 1.82) is 0 Å². The number of halogens is 3. The Morgan fingerprint density at radius 1 is 1.20 bits per heavy atom. The molecule has 1 rings (SSSR count). The van der Waals surface area contributed by atoms with E-state index in [0.717, 1.165) is 13.1 Å². The maximum absolute atomic E-state index is 12.0. The summed E-state index contributed by atoms with van der Waals surface area (Å²) in [7, 11) is 0. The van der Waals surface area contributed by atoms with Crippen LogP contribution in [-0.2, 0) is 4.74 Å². The quantitative estimate of drug-likeness (QED) is 0.762. The largest absolute Gasteiger partial charge is 0.411 e. The van der Waals surface area contributed by atoms with Crippen molar-refractivity contribution in [3.8, 4) is 0 Å². The highest BCUT2D eigenvalue weighted by molar-refractivity contribution is 4.88. The minimum absolute atomic E-state index is 0.132. The molecule has 3 nitrogen and oxygen atoms in total. The van der Waals surface area contributed by atoms with Gasteiger partial charge in [-0.1, -0.05) is 27.7 Å². The SMILES string of the molecule is CC(C)C1CN(CCOCC(F)(F)F)C(C(C)C)CN1. The molecule has 1 fully saturated rings. The summed E-state index contributed by atoms with van der Waals surface area (Å²) in [4.78, 5) is 2.27. The summed E-state index contributed by atoms with van der Waals surface area (Å²) in [5, 5.41) is 3.53. The number of nitrogens with zero attached hydrogens (tertiary/aromatic N) is 1. The van der Waals surface area contributed by atoms with Crippen LogP contribution in [0.1, 0.15) is 27.7 Å². The molecule has 120 valence electrons. The van der Waals surface area contributed by atoms with E-state index >= 15 is 0 Å². The van der Waals surface area contributed by atoms with Gasteiger partial charge in [-0.05, 0) is 11.8 Å². The van der Waals surface area contributed by atoms with Crippen molar-refractivity contribution < 1.29 is 17.9 Å². The van der Waals surface area contributed by atoms with Crippen LogP contribution < -0.4 is 5.32 Å². The topological polar surface area (TPSA) is 24.5 Å². The predicted molar refractivity (Wildman–Crippen MR) is 73.7 cm³/mol. The van der Waals surface area contributed by atoms with E-state index in [1.165, 1.54) is 0 Å². The number of rotatable bonds is 6. The van der Waals surface area contributed by atoms with Gasteiger partial charge in [0.25, 0.3) is 0 Å². The number of hydrogen-bond donors (Lipinski definition) is 1. The standard InChI is InChI=1S/C14H27F3N2O/c1-10(2)12-8-19(13(7-18-12)11(3)4)5-6-20-9-14(15,16)17/h10-13,18H,5-9H2,1-4H3. The van der Waals surface area contributed by atoms with Crippen LogP contribution in [0.15, 0.2) is 0 Å². The first-order valence-corrected chi connectivity index (χ1v) is 7.32. The monoisotopic (exact) mass is 296 g/mol. The zero-order valence-corrected chi connectivity index (χ0v) is 12.8. The van der Waals surface area contributed by atoms with Gasteiger partial charge in [-0.3, -0.25) is 4.90 Å². The summed E-state index contributed by atoms with van der Waals surface area (Å²) in [6.45, 7) is 9.90. The van der Waals surface area contributed by atoms with Gasteiger partial charge in [-0.15, -0.1) is 0 Å². The van der Waals surface area contributed by atoms with E-state index in [1.807, 2.05) is 0 Å². The molecule has 1 saturated heterocycles. The summed E-state index contributed by atoms with van der Waals surface area (Å²) in [6, 6.07) is 0.757. The number of ether oxygens (including phenoxy) is 1. The van der Waals surface area contributed by atoms with Gasteiger partial charge < -0.3 is 10.1 Å². The van der Waals surface area contributed by atoms with Crippen LogP contribution in [0, 0.1) is 11.8 Å². The Morgan fingerprint density at radius 2 is 1.85 bits per heavy atom. The fraction of sp³-hybridized carbons (Fsp3) is 1.00. The minimum Gasteiger partial charge on any atom is -0.371 e. The third-order valence-electron chi connectivity index (χ3n) is 3.85. The lowest BCUT2D eigenvalue weighted by atomic mass is 9.94. The van der Waals surface area contributed by atoms with Crippen molar-refractivity contribution >= 4 is 0 Å². The van der Waals surface area contributed by atoms with Crippen LogP contribution in [0.5, 0.6) is 0 Å². The van der Waals surface area contributed by atoms with Crippen LogP contribution in [0.2, 0.25) is 0 Å². The zero-order valence-electron chi connectivity index (χ0n) is 12.8. The third kappa shape index (κ3) is 5.97. The molecule has 0 spiro atoms. The molecule has 2 unspecified atom stereocenters. The molecule has 0 amide bonds. The van der Waals surface area contributed by atoms with Gasteiger partial charge in [-0.25, -0.2) is 0 Å². The molecule has 0 saturated carbocycles. The highest BCUT2D eigenvalue weighted by Crippen LogP contribution is 2.18. The number of alkyl halides is 3. The Balaban J connectivity index is 2.44. The summed E-state index contributed by atoms with van der Waals surface area (Å²) in [5.74, 6) is 0.986. The van der Waals surface area contributed by atoms with Gasteiger partial charge in [0.2, 0.25) is 0 Å². The van der Waals surface area contributed by atoms with Crippen LogP contribution in [-0.4, -0.2) is 56.0 Å². The molecule has 1 aliphatic rings. The molecule has 1 aliphatic heterocycles. The second-order valence-corrected chi connectivity index (χ2v) is 6.23. The highest BCUT2D eigenvalue weighted by atomic mass is 19.4. The Hall–Kier alpha value is -0.330. The summed E-state index contributed by atoms with van der Waals surface area (Å²) >= 11 is 0. The van der Waals surface area contributed by atoms with E-state index < -0.39 is 12.8 Å². The molecule has 0 aromatic carbocycles. The van der Waals surface area contributed by atoms with Crippen LogP contribution >= 0.6 is 0 Å². The molecular formula is C14H27F3N2O. The van der Waals surface area contributed by atoms with E-state index in [-0.39, 0.29) is 6.61 Å². The molecule has 0 aromatic rings. The predicted octanol–water partition coefficient (Wildman–Crippen LogP) is 2.52. The minimum atomic E-state index is -4.23. The van der Waals surface area contributed by atoms with Crippen molar-refractivity contribution in [3.05, 3.63) is 0 Å². The molecule has 0 aliphatic carbocycles. The van der Waals surface area contributed by atoms with Crippen molar-refractivity contribution in [2.75, 3.05) is 32.8 Å². The van der Waals surface area contributed by atoms with Gasteiger partial charge in [-0.2, -0.15) is 13.2 Å². The maximum Gasteiger partial charge on any atom is 0.411 e. The van der Waals surface area contributed by atoms with Gasteiger partial charge in [0.1, 0.15) is 6.61 Å². The second-order valence-electron chi connectivity index (χ2n) is 6.23. The molecule has 20 heavy (non-hydrogen) atoms. The molecule has 0 bridgehead atoms. The molecule has 2 atom stereocenters. The Kier molecular flexibility index (Phi) is 6.75. The highest BCUT2D eigenvalue weighted by Gasteiger charge is 2.31. The zero-order chi connectivity index (χ0) is 15.3. The first-order chi connectivity index (χ1) is 9.20. The van der Waals surface area contributed by atoms with Gasteiger partial charge in [0.15, 0.2) is 0 Å². The number of nitrogens with one attached hydrogen (secondary N) is 1. The lowest BCUT2D eigenvalue weighted by Gasteiger charge is -2.43. The van der Waals surface area contributed by atoms with E-state index in [9.17, 15) is 13.2 Å². The first kappa shape index (κ1) is 17.7. The average Bonchev–Trinajstić information content (AvgIpc) is 2.33. The van der Waals surface area contributed by atoms with Crippen LogP contribution in [0.25, 0.3) is 0 Å². The van der Waals surface area contributed by atoms with Crippen LogP contribution in [0.4, 0.5) is 13.2 Å². The van der Waals surface area contributed by atoms with E-state index in [0.29, 0.717) is 30.5 Å². The third-order valence-corrected chi connectivity index (χ3v) is 3.85. The fourth-order valence-electron chi connectivity index (χ4n) is 2.58. The molecule has 0 radical (unpaired) electrons. The summed E-state index contributed by atoms with van der Waals surface area (Å²) in [6.07, 6.45) is -4.23. The van der Waals surface area contributed by atoms with Crippen molar-refractivity contribution in [2.45, 2.75) is 46.0 Å². The smallest absolute Gasteiger partial charge is 0.371 e. The Labute approximate surface area is 119 Å². The summed E-state index contributed by atoms with van der Waals surface area (Å²) < 4.78 is 40.9.